The van der Waals surface area contributed by atoms with Gasteiger partial charge in [0.25, 0.3) is 7.82 Å². The van der Waals surface area contributed by atoms with Crippen molar-refractivity contribution in [1.82, 2.24) is 14.5 Å². The molecule has 0 aliphatic carbocycles. The summed E-state index contributed by atoms with van der Waals surface area (Å²) in [4.78, 5) is 30.4. The molecule has 4 N–H and O–H groups in total. The zero-order valence-corrected chi connectivity index (χ0v) is 30.0. The summed E-state index contributed by atoms with van der Waals surface area (Å²) in [5, 5.41) is 35.1. The molecule has 4 rings (SSSR count). The van der Waals surface area contributed by atoms with Gasteiger partial charge in [-0.25, -0.2) is 14.3 Å². The average Bonchev–Trinajstić information content (AvgIpc) is 3.51. The van der Waals surface area contributed by atoms with Crippen molar-refractivity contribution in [3.8, 4) is 11.1 Å². The molecule has 3 unspecified atom stereocenters. The van der Waals surface area contributed by atoms with E-state index in [0.29, 0.717) is 10.9 Å². The molecule has 0 saturated carbocycles. The van der Waals surface area contributed by atoms with Gasteiger partial charge in [0.05, 0.1) is 5.39 Å². The first-order valence-electron chi connectivity index (χ1n) is 9.52. The number of hydrogen-bond donors (Lipinski definition) is 3. The predicted molar refractivity (Wildman–Crippen MR) is 113 cm³/mol. The van der Waals surface area contributed by atoms with Gasteiger partial charge in [0, 0.05) is 16.3 Å². The van der Waals surface area contributed by atoms with Gasteiger partial charge < -0.3 is 45.0 Å². The van der Waals surface area contributed by atoms with Crippen molar-refractivity contribution in [2.45, 2.75) is 24.5 Å². The summed E-state index contributed by atoms with van der Waals surface area (Å²) < 4.78 is 55.5. The van der Waals surface area contributed by atoms with Crippen LogP contribution >= 0.6 is 35.2 Å². The minimum Gasteiger partial charge on any atom is -0.756 e. The molecule has 24 heteroatoms. The summed E-state index contributed by atoms with van der Waals surface area (Å²) in [6.07, 6.45) is -2.94. The number of aromatic nitrogens is 3. The van der Waals surface area contributed by atoms with E-state index in [-0.39, 0.29) is 100 Å². The van der Waals surface area contributed by atoms with Crippen LogP contribution in [-0.4, -0.2) is 49.7 Å². The second-order valence-corrected chi connectivity index (χ2v) is 11.8. The Morgan fingerprint density at radius 2 is 1.87 bits per heavy atom. The van der Waals surface area contributed by atoms with Crippen molar-refractivity contribution < 1.29 is 150 Å². The Morgan fingerprint density at radius 1 is 1.18 bits per heavy atom. The molecule has 4 heterocycles. The van der Waals surface area contributed by atoms with Crippen LogP contribution < -0.4 is 109 Å². The van der Waals surface area contributed by atoms with E-state index in [2.05, 4.69) is 27.8 Å². The van der Waals surface area contributed by atoms with Crippen LogP contribution in [0.25, 0.3) is 22.2 Å². The van der Waals surface area contributed by atoms with Crippen molar-refractivity contribution in [2.24, 2.45) is 0 Å². The van der Waals surface area contributed by atoms with Gasteiger partial charge in [-0.15, -0.1) is 4.52 Å². The fourth-order valence-corrected chi connectivity index (χ4v) is 6.67. The van der Waals surface area contributed by atoms with Crippen LogP contribution in [0.4, 0.5) is 5.82 Å². The van der Waals surface area contributed by atoms with Crippen molar-refractivity contribution >= 4 is 52.1 Å². The van der Waals surface area contributed by atoms with E-state index in [1.54, 1.807) is 6.20 Å². The Balaban J connectivity index is 0.00000253. The van der Waals surface area contributed by atoms with E-state index in [4.69, 9.17) is 10.5 Å². The standard InChI is InChI=1S/C15H17N4O13P3S.3Na/c16-13-10-8(7-1-2-36-5-7)3-19(14(10)18-6-17-13)15-12(21)11(20)9(29-15)4-28-33(23)31-35(26,27)32-34(24,25)30-22;;;/h1-3,5-6,9,11-12,15,20-21H,4H2,(H4-,16,17,18,22,24,25,26,27);;;/q;3*+1/p-2/t9-,11-,12-,15-;;;/m1.../s1. The maximum Gasteiger partial charge on any atom is 1.00 e. The van der Waals surface area contributed by atoms with Crippen molar-refractivity contribution in [3.05, 3.63) is 29.4 Å². The molecule has 39 heavy (non-hydrogen) atoms. The molecular formula is C15H15N4Na3O13P3S+. The number of thiophene rings is 1. The number of rotatable bonds is 10. The molecule has 17 nitrogen and oxygen atoms in total. The fourth-order valence-electron chi connectivity index (χ4n) is 3.43. The van der Waals surface area contributed by atoms with Crippen molar-refractivity contribution in [2.75, 3.05) is 12.3 Å². The molecule has 0 radical (unpaired) electrons. The number of fused-ring (bicyclic) bond motifs is 1. The summed E-state index contributed by atoms with van der Waals surface area (Å²) in [5.41, 5.74) is 7.75. The number of phosphoric acid groups is 2. The average molecular weight is 653 g/mol. The van der Waals surface area contributed by atoms with Gasteiger partial charge in [-0.05, 0) is 26.7 Å². The third-order valence-electron chi connectivity index (χ3n) is 4.88. The largest absolute Gasteiger partial charge is 1.00 e. The van der Waals surface area contributed by atoms with Crippen LogP contribution in [0.5, 0.6) is 0 Å². The summed E-state index contributed by atoms with van der Waals surface area (Å²) in [6, 6.07) is 1.83. The third-order valence-corrected chi connectivity index (χ3v) is 9.04. The van der Waals surface area contributed by atoms with E-state index in [1.807, 2.05) is 16.8 Å². The monoisotopic (exact) mass is 653 g/mol. The molecule has 1 aliphatic heterocycles. The van der Waals surface area contributed by atoms with Crippen LogP contribution in [0.3, 0.4) is 0 Å². The summed E-state index contributed by atoms with van der Waals surface area (Å²) in [6.45, 7) is -0.773. The zero-order valence-electron chi connectivity index (χ0n) is 20.5. The topological polar surface area (TPSA) is 264 Å². The number of aliphatic hydroxyl groups is 2. The molecule has 1 fully saturated rings. The smallest absolute Gasteiger partial charge is 0.756 e. The van der Waals surface area contributed by atoms with Gasteiger partial charge >= 0.3 is 105 Å². The third kappa shape index (κ3) is 9.14. The van der Waals surface area contributed by atoms with Crippen LogP contribution in [0.2, 0.25) is 0 Å². The minimum atomic E-state index is -5.83. The second kappa shape index (κ2) is 15.8. The molecule has 1 saturated heterocycles. The van der Waals surface area contributed by atoms with E-state index in [0.717, 1.165) is 5.56 Å². The number of nitrogens with zero attached hydrogens (tertiary/aromatic N) is 3. The van der Waals surface area contributed by atoms with Crippen molar-refractivity contribution in [1.29, 1.82) is 0 Å². The Morgan fingerprint density at radius 3 is 2.49 bits per heavy atom. The molecule has 3 aromatic heterocycles. The molecule has 0 bridgehead atoms. The second-order valence-electron chi connectivity index (χ2n) is 7.12. The number of hydrogen-bond acceptors (Lipinski definition) is 17. The quantitative estimate of drug-likeness (QED) is 0.0794. The van der Waals surface area contributed by atoms with Gasteiger partial charge in [-0.1, -0.05) is 0 Å². The first kappa shape index (κ1) is 38.3. The van der Waals surface area contributed by atoms with Crippen LogP contribution in [0.1, 0.15) is 6.23 Å². The Labute approximate surface area is 291 Å². The Kier molecular flexibility index (Phi) is 15.6. The predicted octanol–water partition coefficient (Wildman–Crippen LogP) is -9.69. The molecule has 7 atom stereocenters. The van der Waals surface area contributed by atoms with E-state index in [9.17, 15) is 39.0 Å². The maximum absolute atomic E-state index is 11.8. The van der Waals surface area contributed by atoms with Gasteiger partial charge in [0.2, 0.25) is 0 Å². The molecule has 3 aromatic rings. The van der Waals surface area contributed by atoms with Gasteiger partial charge in [0.1, 0.15) is 42.7 Å². The normalized spacial score (nSPS) is 24.1. The molecule has 0 aromatic carbocycles. The first-order valence-corrected chi connectivity index (χ1v) is 14.5. The van der Waals surface area contributed by atoms with Gasteiger partial charge in [0.15, 0.2) is 6.23 Å². The van der Waals surface area contributed by atoms with E-state index < -0.39 is 55.0 Å². The first-order chi connectivity index (χ1) is 16.9. The van der Waals surface area contributed by atoms with Crippen LogP contribution in [0, 0.1) is 0 Å². The van der Waals surface area contributed by atoms with Crippen LogP contribution in [0.15, 0.2) is 29.4 Å². The van der Waals surface area contributed by atoms with E-state index in [1.165, 1.54) is 22.2 Å². The fraction of sp³-hybridized carbons (Fsp3) is 0.333. The molecule has 0 spiro atoms. The van der Waals surface area contributed by atoms with Crippen molar-refractivity contribution in [3.63, 3.8) is 0 Å². The van der Waals surface area contributed by atoms with E-state index >= 15 is 0 Å². The number of ether oxygens (including phenoxy) is 1. The summed E-state index contributed by atoms with van der Waals surface area (Å²) >= 11 is 1.43. The minimum absolute atomic E-state index is 0. The molecule has 196 valence electrons. The summed E-state index contributed by atoms with van der Waals surface area (Å²) in [5.74, 6) is 0.163. The maximum atomic E-state index is 11.8. The number of aliphatic hydroxyl groups excluding tert-OH is 2. The van der Waals surface area contributed by atoms with Crippen LogP contribution in [-0.2, 0) is 36.3 Å². The number of nitrogens with two attached hydrogens (primary N) is 1. The Bertz CT molecular complexity index is 1370. The molecular weight excluding hydrogens is 638 g/mol. The zero-order chi connectivity index (χ0) is 26.3. The molecule has 0 amide bonds. The van der Waals surface area contributed by atoms with Gasteiger partial charge in [-0.3, -0.25) is 9.13 Å². The SMILES string of the molecule is Nc1ncnc2c1c(-c1ccsc1)cn2[C@@H]1O[C@H](CO[P+](=O)OP(=O)([O-])OP(=O)([O-])O[O-])[C@@H](O)[C@H]1O.[Na+].[Na+].[Na+]. The number of nitrogen functional groups attached to an aromatic ring is 1. The Hall–Kier alpha value is 1.28. The molecule has 1 aliphatic rings. The summed E-state index contributed by atoms with van der Waals surface area (Å²) in [7, 11) is -15.2. The number of anilines is 1. The van der Waals surface area contributed by atoms with Gasteiger partial charge in [-0.2, -0.15) is 11.3 Å².